The van der Waals surface area contributed by atoms with Crippen molar-refractivity contribution >= 4 is 5.78 Å². The summed E-state index contributed by atoms with van der Waals surface area (Å²) in [4.78, 5) is 12.0. The summed E-state index contributed by atoms with van der Waals surface area (Å²) >= 11 is 0. The Bertz CT molecular complexity index is 608. The summed E-state index contributed by atoms with van der Waals surface area (Å²) in [5.41, 5.74) is 1.44. The van der Waals surface area contributed by atoms with E-state index < -0.39 is 11.5 Å². The molecule has 0 radical (unpaired) electrons. The highest BCUT2D eigenvalue weighted by molar-refractivity contribution is 5.84. The predicted molar refractivity (Wildman–Crippen MR) is 82.9 cm³/mol. The first kappa shape index (κ1) is 16.6. The van der Waals surface area contributed by atoms with Gasteiger partial charge in [0.2, 0.25) is 0 Å². The predicted octanol–water partition coefficient (Wildman–Crippen LogP) is 2.60. The van der Waals surface area contributed by atoms with E-state index in [9.17, 15) is 9.90 Å². The zero-order valence-electron chi connectivity index (χ0n) is 14.1. The van der Waals surface area contributed by atoms with Gasteiger partial charge in [-0.1, -0.05) is 0 Å². The lowest BCUT2D eigenvalue weighted by Crippen LogP contribution is -2.37. The molecule has 1 aliphatic rings. The fourth-order valence-corrected chi connectivity index (χ4v) is 3.34. The Hall–Kier alpha value is -1.75. The number of ketones is 1. The van der Waals surface area contributed by atoms with Gasteiger partial charge in [-0.2, -0.15) is 0 Å². The lowest BCUT2D eigenvalue weighted by molar-refractivity contribution is -0.133. The van der Waals surface area contributed by atoms with Gasteiger partial charge in [0.05, 0.1) is 32.8 Å². The van der Waals surface area contributed by atoms with Crippen LogP contribution in [0.25, 0.3) is 0 Å². The third kappa shape index (κ3) is 2.15. The summed E-state index contributed by atoms with van der Waals surface area (Å²) in [6.07, 6.45) is 0.253. The zero-order chi connectivity index (χ0) is 16.7. The molecule has 1 aliphatic carbocycles. The second-order valence-electron chi connectivity index (χ2n) is 5.99. The molecule has 2 atom stereocenters. The largest absolute Gasteiger partial charge is 0.496 e. The molecule has 122 valence electrons. The van der Waals surface area contributed by atoms with Gasteiger partial charge in [-0.3, -0.25) is 4.79 Å². The van der Waals surface area contributed by atoms with E-state index in [2.05, 4.69) is 0 Å². The third-order valence-corrected chi connectivity index (χ3v) is 4.92. The normalized spacial score (nSPS) is 23.7. The van der Waals surface area contributed by atoms with Crippen LogP contribution >= 0.6 is 0 Å². The molecule has 0 saturated carbocycles. The first-order valence-electron chi connectivity index (χ1n) is 7.33. The number of methoxy groups -OCH3 is 3. The number of benzene rings is 1. The fourth-order valence-electron chi connectivity index (χ4n) is 3.34. The van der Waals surface area contributed by atoms with Crippen LogP contribution in [0, 0.1) is 12.3 Å². The summed E-state index contributed by atoms with van der Waals surface area (Å²) < 4.78 is 16.5. The van der Waals surface area contributed by atoms with Crippen LogP contribution in [0.15, 0.2) is 0 Å². The second-order valence-corrected chi connectivity index (χ2v) is 5.99. The maximum Gasteiger partial charge on any atom is 0.167 e. The average molecular weight is 308 g/mol. The highest BCUT2D eigenvalue weighted by Crippen LogP contribution is 2.54. The first-order chi connectivity index (χ1) is 10.3. The van der Waals surface area contributed by atoms with Crippen LogP contribution in [0.3, 0.4) is 0 Å². The molecule has 0 amide bonds. The zero-order valence-corrected chi connectivity index (χ0v) is 14.1. The first-order valence-corrected chi connectivity index (χ1v) is 7.33. The highest BCUT2D eigenvalue weighted by Gasteiger charge is 2.46. The molecule has 0 saturated heterocycles. The lowest BCUT2D eigenvalue weighted by Gasteiger charge is -2.39. The molecular weight excluding hydrogens is 284 g/mol. The number of hydrogen-bond acceptors (Lipinski definition) is 5. The SMILES string of the molecule is COc1c(C)c(OC)c2c(c1OC)CC[C@@](C)(C(C)=O)[C@H]2O. The average Bonchev–Trinajstić information content (AvgIpc) is 2.49. The molecule has 22 heavy (non-hydrogen) atoms. The monoisotopic (exact) mass is 308 g/mol. The van der Waals surface area contributed by atoms with Crippen molar-refractivity contribution < 1.29 is 24.1 Å². The summed E-state index contributed by atoms with van der Waals surface area (Å²) in [5, 5.41) is 10.9. The van der Waals surface area contributed by atoms with Crippen LogP contribution in [-0.4, -0.2) is 32.2 Å². The maximum absolute atomic E-state index is 12.0. The van der Waals surface area contributed by atoms with E-state index in [1.165, 1.54) is 6.92 Å². The van der Waals surface area contributed by atoms with Crippen molar-refractivity contribution in [3.8, 4) is 17.2 Å². The standard InChI is InChI=1S/C17H24O5/c1-9-13(20-4)12-11(15(22-6)14(9)21-5)7-8-17(3,10(2)18)16(12)19/h16,19H,7-8H2,1-6H3/t16-,17-/m0/s1. The van der Waals surface area contributed by atoms with Gasteiger partial charge in [0.15, 0.2) is 11.5 Å². The molecule has 5 nitrogen and oxygen atoms in total. The number of aliphatic hydroxyl groups excluding tert-OH is 1. The van der Waals surface area contributed by atoms with Crippen LogP contribution in [-0.2, 0) is 11.2 Å². The number of fused-ring (bicyclic) bond motifs is 1. The third-order valence-electron chi connectivity index (χ3n) is 4.92. The molecule has 0 unspecified atom stereocenters. The van der Waals surface area contributed by atoms with E-state index in [-0.39, 0.29) is 5.78 Å². The van der Waals surface area contributed by atoms with Gasteiger partial charge >= 0.3 is 0 Å². The van der Waals surface area contributed by atoms with Gasteiger partial charge in [0.25, 0.3) is 0 Å². The van der Waals surface area contributed by atoms with E-state index in [4.69, 9.17) is 14.2 Å². The Kier molecular flexibility index (Phi) is 4.38. The number of carbonyl (C=O) groups excluding carboxylic acids is 1. The van der Waals surface area contributed by atoms with Gasteiger partial charge in [-0.15, -0.1) is 0 Å². The van der Waals surface area contributed by atoms with Crippen molar-refractivity contribution in [2.75, 3.05) is 21.3 Å². The van der Waals surface area contributed by atoms with Crippen LogP contribution < -0.4 is 14.2 Å². The van der Waals surface area contributed by atoms with Gasteiger partial charge in [0, 0.05) is 16.7 Å². The maximum atomic E-state index is 12.0. The Morgan fingerprint density at radius 1 is 1.14 bits per heavy atom. The number of hydrogen-bond donors (Lipinski definition) is 1. The van der Waals surface area contributed by atoms with E-state index >= 15 is 0 Å². The Labute approximate surface area is 131 Å². The van der Waals surface area contributed by atoms with Crippen molar-refractivity contribution in [2.45, 2.75) is 39.7 Å². The van der Waals surface area contributed by atoms with Crippen molar-refractivity contribution in [3.05, 3.63) is 16.7 Å². The molecule has 0 spiro atoms. The minimum atomic E-state index is -0.929. The molecule has 2 rings (SSSR count). The van der Waals surface area contributed by atoms with Gasteiger partial charge < -0.3 is 19.3 Å². The van der Waals surface area contributed by atoms with Crippen LogP contribution in [0.2, 0.25) is 0 Å². The van der Waals surface area contributed by atoms with E-state index in [1.807, 2.05) is 6.92 Å². The van der Waals surface area contributed by atoms with Crippen molar-refractivity contribution in [1.82, 2.24) is 0 Å². The summed E-state index contributed by atoms with van der Waals surface area (Å²) in [5.74, 6) is 1.75. The van der Waals surface area contributed by atoms with E-state index in [0.717, 1.165) is 11.1 Å². The molecule has 0 heterocycles. The molecule has 1 aromatic carbocycles. The van der Waals surface area contributed by atoms with Crippen LogP contribution in [0.4, 0.5) is 0 Å². The molecule has 1 N–H and O–H groups in total. The minimum absolute atomic E-state index is 0.0276. The van der Waals surface area contributed by atoms with Crippen molar-refractivity contribution in [2.24, 2.45) is 5.41 Å². The summed E-state index contributed by atoms with van der Waals surface area (Å²) in [6.45, 7) is 5.18. The molecule has 0 aromatic heterocycles. The number of carbonyl (C=O) groups is 1. The van der Waals surface area contributed by atoms with Gasteiger partial charge in [-0.25, -0.2) is 0 Å². The minimum Gasteiger partial charge on any atom is -0.496 e. The van der Waals surface area contributed by atoms with Crippen molar-refractivity contribution in [1.29, 1.82) is 0 Å². The van der Waals surface area contributed by atoms with Crippen LogP contribution in [0.5, 0.6) is 17.2 Å². The Balaban J connectivity index is 2.79. The van der Waals surface area contributed by atoms with Crippen molar-refractivity contribution in [3.63, 3.8) is 0 Å². The number of Topliss-reactive ketones (excluding diaryl/α,β-unsaturated/α-hetero) is 1. The Morgan fingerprint density at radius 2 is 1.68 bits per heavy atom. The quantitative estimate of drug-likeness (QED) is 0.926. The smallest absolute Gasteiger partial charge is 0.167 e. The molecule has 5 heteroatoms. The number of ether oxygens (including phenoxy) is 3. The van der Waals surface area contributed by atoms with Gasteiger partial charge in [0.1, 0.15) is 11.5 Å². The fraction of sp³-hybridized carbons (Fsp3) is 0.588. The molecule has 0 fully saturated rings. The molecule has 0 bridgehead atoms. The highest BCUT2D eigenvalue weighted by atomic mass is 16.5. The number of aliphatic hydroxyl groups is 1. The molecular formula is C17H24O5. The van der Waals surface area contributed by atoms with E-state index in [1.54, 1.807) is 28.3 Å². The second kappa shape index (κ2) is 5.80. The summed E-state index contributed by atoms with van der Waals surface area (Å²) in [7, 11) is 4.71. The van der Waals surface area contributed by atoms with Crippen LogP contribution in [0.1, 0.15) is 43.1 Å². The number of rotatable bonds is 4. The Morgan fingerprint density at radius 3 is 2.14 bits per heavy atom. The molecule has 1 aromatic rings. The topological polar surface area (TPSA) is 65.0 Å². The lowest BCUT2D eigenvalue weighted by atomic mass is 9.67. The van der Waals surface area contributed by atoms with Gasteiger partial charge in [-0.05, 0) is 33.6 Å². The summed E-state index contributed by atoms with van der Waals surface area (Å²) in [6, 6.07) is 0. The van der Waals surface area contributed by atoms with E-state index in [0.29, 0.717) is 35.7 Å². The molecule has 0 aliphatic heterocycles.